The van der Waals surface area contributed by atoms with Gasteiger partial charge in [0.15, 0.2) is 5.11 Å². The van der Waals surface area contributed by atoms with E-state index < -0.39 is 0 Å². The third-order valence-corrected chi connectivity index (χ3v) is 6.83. The van der Waals surface area contributed by atoms with Crippen molar-refractivity contribution in [3.8, 4) is 0 Å². The highest BCUT2D eigenvalue weighted by molar-refractivity contribution is 7.80. The van der Waals surface area contributed by atoms with Gasteiger partial charge in [-0.3, -0.25) is 10.1 Å². The summed E-state index contributed by atoms with van der Waals surface area (Å²) in [6, 6.07) is 9.57. The molecular formula is C20H26N2OS. The van der Waals surface area contributed by atoms with E-state index in [4.69, 9.17) is 12.2 Å². The Kier molecular flexibility index (Phi) is 4.11. The molecule has 0 saturated heterocycles. The first-order valence-electron chi connectivity index (χ1n) is 9.21. The van der Waals surface area contributed by atoms with Crippen molar-refractivity contribution in [2.75, 3.05) is 0 Å². The maximum atomic E-state index is 12.2. The van der Waals surface area contributed by atoms with Gasteiger partial charge in [-0.05, 0) is 93.0 Å². The fourth-order valence-electron chi connectivity index (χ4n) is 5.86. The van der Waals surface area contributed by atoms with Gasteiger partial charge in [0.1, 0.15) is 0 Å². The second-order valence-electron chi connectivity index (χ2n) is 8.30. The quantitative estimate of drug-likeness (QED) is 0.819. The van der Waals surface area contributed by atoms with Crippen LogP contribution >= 0.6 is 12.2 Å². The van der Waals surface area contributed by atoms with Gasteiger partial charge in [-0.15, -0.1) is 0 Å². The van der Waals surface area contributed by atoms with Gasteiger partial charge in [-0.25, -0.2) is 0 Å². The first-order chi connectivity index (χ1) is 11.5. The van der Waals surface area contributed by atoms with Gasteiger partial charge in [0.2, 0.25) is 0 Å². The zero-order valence-electron chi connectivity index (χ0n) is 14.3. The molecule has 2 N–H and O–H groups in total. The largest absolute Gasteiger partial charge is 0.359 e. The number of thiocarbonyl (C=S) groups is 1. The SMILES string of the molecule is C[C@@H](NC(=S)NC(=O)c1ccccc1)C12CC3CC(CC(C3)C1)C2. The lowest BCUT2D eigenvalue weighted by Crippen LogP contribution is -2.57. The number of carbonyl (C=O) groups excluding carboxylic acids is 1. The van der Waals surface area contributed by atoms with Crippen LogP contribution in [0.25, 0.3) is 0 Å². The minimum atomic E-state index is -0.134. The monoisotopic (exact) mass is 342 g/mol. The highest BCUT2D eigenvalue weighted by atomic mass is 32.1. The van der Waals surface area contributed by atoms with E-state index in [0.29, 0.717) is 22.1 Å². The molecule has 3 nitrogen and oxygen atoms in total. The van der Waals surface area contributed by atoms with Gasteiger partial charge >= 0.3 is 0 Å². The Morgan fingerprint density at radius 2 is 1.62 bits per heavy atom. The maximum absolute atomic E-state index is 12.2. The third kappa shape index (κ3) is 2.97. The smallest absolute Gasteiger partial charge is 0.257 e. The molecule has 4 saturated carbocycles. The Morgan fingerprint density at radius 3 is 2.17 bits per heavy atom. The van der Waals surface area contributed by atoms with Crippen molar-refractivity contribution in [2.24, 2.45) is 23.2 Å². The summed E-state index contributed by atoms with van der Waals surface area (Å²) in [5.41, 5.74) is 1.03. The summed E-state index contributed by atoms with van der Waals surface area (Å²) in [5.74, 6) is 2.64. The number of hydrogen-bond donors (Lipinski definition) is 2. The van der Waals surface area contributed by atoms with Crippen LogP contribution < -0.4 is 10.6 Å². The number of hydrogen-bond acceptors (Lipinski definition) is 2. The molecule has 4 heteroatoms. The van der Waals surface area contributed by atoms with E-state index in [9.17, 15) is 4.79 Å². The molecule has 4 bridgehead atoms. The van der Waals surface area contributed by atoms with E-state index in [0.717, 1.165) is 17.8 Å². The van der Waals surface area contributed by atoms with Crippen molar-refractivity contribution < 1.29 is 4.79 Å². The summed E-state index contributed by atoms with van der Waals surface area (Å²) in [7, 11) is 0. The fourth-order valence-corrected chi connectivity index (χ4v) is 6.13. The van der Waals surface area contributed by atoms with E-state index in [1.54, 1.807) is 12.1 Å². The van der Waals surface area contributed by atoms with Crippen LogP contribution in [0.2, 0.25) is 0 Å². The summed E-state index contributed by atoms with van der Waals surface area (Å²) in [6.45, 7) is 2.26. The number of nitrogens with one attached hydrogen (secondary N) is 2. The molecule has 5 rings (SSSR count). The zero-order chi connectivity index (χ0) is 16.7. The molecule has 0 spiro atoms. The highest BCUT2D eigenvalue weighted by Gasteiger charge is 2.53. The van der Waals surface area contributed by atoms with Gasteiger partial charge in [0, 0.05) is 11.6 Å². The van der Waals surface area contributed by atoms with Crippen molar-refractivity contribution in [3.05, 3.63) is 35.9 Å². The first-order valence-corrected chi connectivity index (χ1v) is 9.62. The lowest BCUT2D eigenvalue weighted by molar-refractivity contribution is -0.0672. The number of amides is 1. The summed E-state index contributed by atoms with van der Waals surface area (Å²) in [4.78, 5) is 12.2. The van der Waals surface area contributed by atoms with Crippen LogP contribution in [0.1, 0.15) is 55.8 Å². The van der Waals surface area contributed by atoms with Gasteiger partial charge in [0.05, 0.1) is 0 Å². The van der Waals surface area contributed by atoms with Crippen LogP contribution in [-0.4, -0.2) is 17.1 Å². The van der Waals surface area contributed by atoms with Crippen LogP contribution in [0, 0.1) is 23.2 Å². The molecule has 0 heterocycles. The molecule has 1 atom stereocenters. The van der Waals surface area contributed by atoms with Gasteiger partial charge in [-0.1, -0.05) is 18.2 Å². The van der Waals surface area contributed by atoms with Crippen LogP contribution in [0.4, 0.5) is 0 Å². The lowest BCUT2D eigenvalue weighted by Gasteiger charge is -2.59. The second-order valence-corrected chi connectivity index (χ2v) is 8.70. The molecule has 0 aliphatic heterocycles. The Labute approximate surface area is 149 Å². The summed E-state index contributed by atoms with van der Waals surface area (Å²) in [5, 5.41) is 6.74. The van der Waals surface area contributed by atoms with Crippen molar-refractivity contribution in [2.45, 2.75) is 51.5 Å². The van der Waals surface area contributed by atoms with E-state index in [-0.39, 0.29) is 5.91 Å². The standard InChI is InChI=1S/C20H26N2OS/c1-13(20-10-14-7-15(11-20)9-16(8-14)12-20)21-19(24)22-18(23)17-5-3-2-4-6-17/h2-6,13-16H,7-12H2,1H3,(H2,21,22,23,24)/t13-,14?,15?,16?,20?/m1/s1. The van der Waals surface area contributed by atoms with Crippen molar-refractivity contribution in [1.82, 2.24) is 10.6 Å². The molecule has 4 aliphatic carbocycles. The molecule has 128 valence electrons. The van der Waals surface area contributed by atoms with Crippen LogP contribution in [0.5, 0.6) is 0 Å². The first kappa shape index (κ1) is 16.1. The number of rotatable bonds is 3. The van der Waals surface area contributed by atoms with E-state index in [1.165, 1.54) is 38.5 Å². The molecule has 1 aromatic carbocycles. The highest BCUT2D eigenvalue weighted by Crippen LogP contribution is 2.61. The molecule has 4 aliphatic rings. The molecule has 0 unspecified atom stereocenters. The molecule has 1 aromatic rings. The summed E-state index contributed by atoms with van der Waals surface area (Å²) in [6.07, 6.45) is 8.34. The van der Waals surface area contributed by atoms with Crippen molar-refractivity contribution in [3.63, 3.8) is 0 Å². The maximum Gasteiger partial charge on any atom is 0.257 e. The van der Waals surface area contributed by atoms with Gasteiger partial charge < -0.3 is 5.32 Å². The van der Waals surface area contributed by atoms with Crippen LogP contribution in [0.15, 0.2) is 30.3 Å². The third-order valence-electron chi connectivity index (χ3n) is 6.61. The lowest BCUT2D eigenvalue weighted by atomic mass is 9.48. The van der Waals surface area contributed by atoms with E-state index in [2.05, 4.69) is 17.6 Å². The van der Waals surface area contributed by atoms with Crippen molar-refractivity contribution in [1.29, 1.82) is 0 Å². The number of benzene rings is 1. The Hall–Kier alpha value is -1.42. The Morgan fingerprint density at radius 1 is 1.08 bits per heavy atom. The van der Waals surface area contributed by atoms with Crippen molar-refractivity contribution >= 4 is 23.2 Å². The summed E-state index contributed by atoms with van der Waals surface area (Å²) < 4.78 is 0. The molecule has 4 fully saturated rings. The van der Waals surface area contributed by atoms with Gasteiger partial charge in [-0.2, -0.15) is 0 Å². The molecular weight excluding hydrogens is 316 g/mol. The average Bonchev–Trinajstić information content (AvgIpc) is 2.54. The predicted molar refractivity (Wildman–Crippen MR) is 99.7 cm³/mol. The second kappa shape index (κ2) is 6.14. The normalized spacial score (nSPS) is 34.6. The number of carbonyl (C=O) groups is 1. The van der Waals surface area contributed by atoms with E-state index in [1.807, 2.05) is 18.2 Å². The van der Waals surface area contributed by atoms with E-state index >= 15 is 0 Å². The molecule has 1 amide bonds. The molecule has 24 heavy (non-hydrogen) atoms. The predicted octanol–water partition coefficient (Wildman–Crippen LogP) is 3.90. The fraction of sp³-hybridized carbons (Fsp3) is 0.600. The topological polar surface area (TPSA) is 41.1 Å². The molecule has 0 radical (unpaired) electrons. The average molecular weight is 343 g/mol. The Bertz CT molecular complexity index is 607. The minimum absolute atomic E-state index is 0.134. The van der Waals surface area contributed by atoms with Crippen LogP contribution in [0.3, 0.4) is 0 Å². The summed E-state index contributed by atoms with van der Waals surface area (Å²) >= 11 is 5.42. The zero-order valence-corrected chi connectivity index (χ0v) is 15.1. The minimum Gasteiger partial charge on any atom is -0.359 e. The Balaban J connectivity index is 1.38. The van der Waals surface area contributed by atoms with Gasteiger partial charge in [0.25, 0.3) is 5.91 Å². The molecule has 0 aromatic heterocycles. The van der Waals surface area contributed by atoms with Crippen LogP contribution in [-0.2, 0) is 0 Å².